The number of pyridine rings is 1. The van der Waals surface area contributed by atoms with Crippen LogP contribution in [0.5, 0.6) is 11.5 Å². The average molecular weight is 384 g/mol. The molecular weight excluding hydrogens is 364 g/mol. The molecule has 144 valence electrons. The molecular formula is C24H20N2O3. The molecule has 0 aliphatic rings. The summed E-state index contributed by atoms with van der Waals surface area (Å²) in [7, 11) is 5.30. The number of ether oxygens (including phenoxy) is 2. The monoisotopic (exact) mass is 384 g/mol. The number of nitrogens with zero attached hydrogens (tertiary/aromatic N) is 2. The number of methoxy groups -OCH3 is 2. The minimum atomic E-state index is -0.0586. The molecule has 0 amide bonds. The third-order valence-corrected chi connectivity index (χ3v) is 5.55. The second kappa shape index (κ2) is 6.41. The molecule has 5 aromatic rings. The molecule has 29 heavy (non-hydrogen) atoms. The van der Waals surface area contributed by atoms with Crippen LogP contribution in [0.3, 0.4) is 0 Å². The van der Waals surface area contributed by atoms with E-state index < -0.39 is 0 Å². The maximum atomic E-state index is 13.6. The van der Waals surface area contributed by atoms with Crippen LogP contribution in [-0.4, -0.2) is 23.4 Å². The zero-order valence-corrected chi connectivity index (χ0v) is 16.5. The van der Waals surface area contributed by atoms with Gasteiger partial charge in [-0.25, -0.2) is 0 Å². The quantitative estimate of drug-likeness (QED) is 0.455. The van der Waals surface area contributed by atoms with E-state index in [1.54, 1.807) is 18.8 Å². The third kappa shape index (κ3) is 2.44. The summed E-state index contributed by atoms with van der Waals surface area (Å²) in [6.45, 7) is 0. The van der Waals surface area contributed by atoms with Crippen molar-refractivity contribution in [1.29, 1.82) is 0 Å². The van der Waals surface area contributed by atoms with Gasteiger partial charge in [-0.1, -0.05) is 18.2 Å². The van der Waals surface area contributed by atoms with Crippen molar-refractivity contribution < 1.29 is 9.47 Å². The first-order valence-corrected chi connectivity index (χ1v) is 9.38. The van der Waals surface area contributed by atoms with Gasteiger partial charge in [-0.2, -0.15) is 0 Å². The number of fused-ring (bicyclic) bond motifs is 5. The molecule has 0 radical (unpaired) electrons. The van der Waals surface area contributed by atoms with Crippen LogP contribution in [0.1, 0.15) is 0 Å². The average Bonchev–Trinajstić information content (AvgIpc) is 3.07. The smallest absolute Gasteiger partial charge is 0.263 e. The van der Waals surface area contributed by atoms with Crippen molar-refractivity contribution in [3.05, 3.63) is 77.1 Å². The molecule has 0 N–H and O–H groups in total. The summed E-state index contributed by atoms with van der Waals surface area (Å²) in [6, 6.07) is 21.3. The van der Waals surface area contributed by atoms with Gasteiger partial charge < -0.3 is 14.0 Å². The Hall–Kier alpha value is -3.73. The molecule has 5 rings (SSSR count). The first-order valence-electron chi connectivity index (χ1n) is 9.38. The maximum Gasteiger partial charge on any atom is 0.263 e. The molecule has 0 spiro atoms. The van der Waals surface area contributed by atoms with E-state index >= 15 is 0 Å². The molecule has 2 aromatic heterocycles. The van der Waals surface area contributed by atoms with Crippen LogP contribution in [0.25, 0.3) is 38.4 Å². The van der Waals surface area contributed by atoms with Crippen LogP contribution in [-0.2, 0) is 7.05 Å². The highest BCUT2D eigenvalue weighted by molar-refractivity contribution is 6.16. The minimum absolute atomic E-state index is 0.0586. The Morgan fingerprint density at radius 3 is 2.14 bits per heavy atom. The van der Waals surface area contributed by atoms with Crippen LogP contribution in [0.2, 0.25) is 0 Å². The van der Waals surface area contributed by atoms with Crippen molar-refractivity contribution in [1.82, 2.24) is 9.13 Å². The number of para-hydroxylation sites is 1. The van der Waals surface area contributed by atoms with Gasteiger partial charge in [0.05, 0.1) is 30.8 Å². The molecule has 0 bridgehead atoms. The highest BCUT2D eigenvalue weighted by atomic mass is 16.5. The van der Waals surface area contributed by atoms with Gasteiger partial charge in [0.1, 0.15) is 11.5 Å². The van der Waals surface area contributed by atoms with Gasteiger partial charge in [0, 0.05) is 28.9 Å². The van der Waals surface area contributed by atoms with Crippen LogP contribution < -0.4 is 15.0 Å². The van der Waals surface area contributed by atoms with E-state index in [1.807, 2.05) is 61.6 Å². The van der Waals surface area contributed by atoms with Gasteiger partial charge >= 0.3 is 0 Å². The Kier molecular flexibility index (Phi) is 3.84. The lowest BCUT2D eigenvalue weighted by Gasteiger charge is -2.13. The number of hydrogen-bond acceptors (Lipinski definition) is 3. The topological polar surface area (TPSA) is 45.4 Å². The minimum Gasteiger partial charge on any atom is -0.497 e. The number of rotatable bonds is 3. The molecule has 0 atom stereocenters. The molecule has 5 nitrogen and oxygen atoms in total. The van der Waals surface area contributed by atoms with E-state index in [4.69, 9.17) is 9.47 Å². The number of aromatic nitrogens is 2. The summed E-state index contributed by atoms with van der Waals surface area (Å²) >= 11 is 0. The fourth-order valence-electron chi connectivity index (χ4n) is 4.14. The van der Waals surface area contributed by atoms with Gasteiger partial charge in [-0.3, -0.25) is 9.36 Å². The first kappa shape index (κ1) is 17.4. The van der Waals surface area contributed by atoms with Gasteiger partial charge in [0.25, 0.3) is 5.56 Å². The summed E-state index contributed by atoms with van der Waals surface area (Å²) in [4.78, 5) is 13.6. The van der Waals surface area contributed by atoms with Gasteiger partial charge in [0.15, 0.2) is 0 Å². The molecule has 0 saturated carbocycles. The number of benzene rings is 3. The lowest BCUT2D eigenvalue weighted by molar-refractivity contribution is 0.414. The predicted octanol–water partition coefficient (Wildman–Crippen LogP) is 4.65. The van der Waals surface area contributed by atoms with Crippen molar-refractivity contribution >= 4 is 32.7 Å². The second-order valence-corrected chi connectivity index (χ2v) is 7.02. The Labute approximate surface area is 167 Å². The van der Waals surface area contributed by atoms with E-state index in [0.717, 1.165) is 44.5 Å². The first-order chi connectivity index (χ1) is 14.1. The Balaban J connectivity index is 2.04. The van der Waals surface area contributed by atoms with Gasteiger partial charge in [-0.05, 0) is 48.5 Å². The normalized spacial score (nSPS) is 11.4. The third-order valence-electron chi connectivity index (χ3n) is 5.55. The molecule has 0 aliphatic heterocycles. The SMILES string of the molecule is COc1ccc(-n2c(=O)c3ccc(OC)cc3c3c2c2ccccc2n3C)cc1. The maximum absolute atomic E-state index is 13.6. The van der Waals surface area contributed by atoms with E-state index in [0.29, 0.717) is 5.39 Å². The van der Waals surface area contributed by atoms with Gasteiger partial charge in [-0.15, -0.1) is 0 Å². The fourth-order valence-corrected chi connectivity index (χ4v) is 4.14. The highest BCUT2D eigenvalue weighted by Gasteiger charge is 2.19. The van der Waals surface area contributed by atoms with Crippen LogP contribution in [0.4, 0.5) is 0 Å². The summed E-state index contributed by atoms with van der Waals surface area (Å²) in [6.07, 6.45) is 0. The van der Waals surface area contributed by atoms with Crippen LogP contribution in [0.15, 0.2) is 71.5 Å². The Bertz CT molecular complexity index is 1440. The van der Waals surface area contributed by atoms with Crippen molar-refractivity contribution in [2.75, 3.05) is 14.2 Å². The van der Waals surface area contributed by atoms with E-state index in [-0.39, 0.29) is 5.56 Å². The zero-order chi connectivity index (χ0) is 20.1. The zero-order valence-electron chi connectivity index (χ0n) is 16.5. The van der Waals surface area contributed by atoms with E-state index in [1.165, 1.54) is 0 Å². The predicted molar refractivity (Wildman–Crippen MR) is 117 cm³/mol. The lowest BCUT2D eigenvalue weighted by atomic mass is 10.1. The molecule has 2 heterocycles. The van der Waals surface area contributed by atoms with Crippen molar-refractivity contribution in [3.63, 3.8) is 0 Å². The molecule has 0 saturated heterocycles. The van der Waals surface area contributed by atoms with Gasteiger partial charge in [0.2, 0.25) is 0 Å². The largest absolute Gasteiger partial charge is 0.497 e. The fraction of sp³-hybridized carbons (Fsp3) is 0.125. The molecule has 3 aromatic carbocycles. The summed E-state index contributed by atoms with van der Waals surface area (Å²) in [5, 5.41) is 2.57. The number of hydrogen-bond donors (Lipinski definition) is 0. The van der Waals surface area contributed by atoms with Crippen LogP contribution >= 0.6 is 0 Å². The summed E-state index contributed by atoms with van der Waals surface area (Å²) in [5.41, 5.74) is 3.69. The highest BCUT2D eigenvalue weighted by Crippen LogP contribution is 2.34. The Morgan fingerprint density at radius 2 is 1.41 bits per heavy atom. The molecule has 0 fully saturated rings. The molecule has 0 unspecified atom stereocenters. The summed E-state index contributed by atoms with van der Waals surface area (Å²) < 4.78 is 14.7. The second-order valence-electron chi connectivity index (χ2n) is 7.02. The van der Waals surface area contributed by atoms with Crippen molar-refractivity contribution in [3.8, 4) is 17.2 Å². The summed E-state index contributed by atoms with van der Waals surface area (Å²) in [5.74, 6) is 1.48. The van der Waals surface area contributed by atoms with E-state index in [9.17, 15) is 4.79 Å². The standard InChI is InChI=1S/C24H20N2O3/c1-25-21-7-5-4-6-19(21)23-22(25)20-14-17(29-3)12-13-18(20)24(27)26(23)15-8-10-16(28-2)11-9-15/h4-14H,1-3H3. The van der Waals surface area contributed by atoms with Crippen molar-refractivity contribution in [2.45, 2.75) is 0 Å². The van der Waals surface area contributed by atoms with E-state index in [2.05, 4.69) is 16.7 Å². The van der Waals surface area contributed by atoms with Crippen molar-refractivity contribution in [2.24, 2.45) is 7.05 Å². The molecule has 5 heteroatoms. The Morgan fingerprint density at radius 1 is 0.724 bits per heavy atom. The lowest BCUT2D eigenvalue weighted by Crippen LogP contribution is -2.19. The molecule has 0 aliphatic carbocycles. The van der Waals surface area contributed by atoms with Crippen LogP contribution in [0, 0.1) is 0 Å². The number of aryl methyl sites for hydroxylation is 1.